The highest BCUT2D eigenvalue weighted by Gasteiger charge is 2.32. The molecule has 1 aromatic carbocycles. The molecule has 1 aromatic rings. The smallest absolute Gasteiger partial charge is 0.121 e. The monoisotopic (exact) mass is 230 g/mol. The minimum Gasteiger partial charge on any atom is -0.490 e. The summed E-state index contributed by atoms with van der Waals surface area (Å²) in [6, 6.07) is 9.55. The first kappa shape index (κ1) is 11.9. The summed E-state index contributed by atoms with van der Waals surface area (Å²) in [5.74, 6) is 1.52. The van der Waals surface area contributed by atoms with Crippen LogP contribution in [0.2, 0.25) is 0 Å². The summed E-state index contributed by atoms with van der Waals surface area (Å²) in [4.78, 5) is 0. The van der Waals surface area contributed by atoms with Crippen LogP contribution in [-0.2, 0) is 0 Å². The van der Waals surface area contributed by atoms with Crippen molar-refractivity contribution in [1.82, 2.24) is 5.32 Å². The van der Waals surface area contributed by atoms with Crippen LogP contribution in [0.25, 0.3) is 0 Å². The molecular formula is C14H18N2O. The van der Waals surface area contributed by atoms with Gasteiger partial charge in [-0.1, -0.05) is 6.07 Å². The molecule has 1 atom stereocenters. The van der Waals surface area contributed by atoms with Crippen molar-refractivity contribution in [3.05, 3.63) is 29.8 Å². The average Bonchev–Trinajstić information content (AvgIpc) is 3.19. The predicted molar refractivity (Wildman–Crippen MR) is 66.8 cm³/mol. The van der Waals surface area contributed by atoms with E-state index in [4.69, 9.17) is 10.00 Å². The number of nitrogens with one attached hydrogen (secondary N) is 1. The molecule has 3 heteroatoms. The largest absolute Gasteiger partial charge is 0.490 e. The number of ether oxygens (including phenoxy) is 1. The van der Waals surface area contributed by atoms with Gasteiger partial charge in [0.2, 0.25) is 0 Å². The second-order valence-corrected chi connectivity index (χ2v) is 4.53. The average molecular weight is 230 g/mol. The molecule has 0 radical (unpaired) electrons. The van der Waals surface area contributed by atoms with Crippen molar-refractivity contribution >= 4 is 0 Å². The molecule has 1 unspecified atom stereocenters. The van der Waals surface area contributed by atoms with Crippen LogP contribution in [-0.4, -0.2) is 19.7 Å². The van der Waals surface area contributed by atoms with Crippen molar-refractivity contribution in [3.8, 4) is 11.8 Å². The Morgan fingerprint density at radius 2 is 2.35 bits per heavy atom. The second-order valence-electron chi connectivity index (χ2n) is 4.53. The predicted octanol–water partition coefficient (Wildman–Crippen LogP) is 2.33. The van der Waals surface area contributed by atoms with Crippen LogP contribution in [0.3, 0.4) is 0 Å². The highest BCUT2D eigenvalue weighted by molar-refractivity contribution is 5.36. The van der Waals surface area contributed by atoms with Gasteiger partial charge in [-0.25, -0.2) is 0 Å². The quantitative estimate of drug-likeness (QED) is 0.815. The maximum absolute atomic E-state index is 8.84. The molecule has 0 spiro atoms. The fourth-order valence-corrected chi connectivity index (χ4v) is 1.96. The number of hydrogen-bond donors (Lipinski definition) is 1. The van der Waals surface area contributed by atoms with Crippen molar-refractivity contribution in [1.29, 1.82) is 5.26 Å². The minimum absolute atomic E-state index is 0.288. The maximum atomic E-state index is 8.84. The van der Waals surface area contributed by atoms with Gasteiger partial charge in [0.05, 0.1) is 11.6 Å². The van der Waals surface area contributed by atoms with Crippen LogP contribution >= 0.6 is 0 Å². The molecule has 3 nitrogen and oxygen atoms in total. The Morgan fingerprint density at radius 3 is 3.00 bits per heavy atom. The van der Waals surface area contributed by atoms with Gasteiger partial charge in [-0.05, 0) is 57.0 Å². The zero-order valence-electron chi connectivity index (χ0n) is 10.1. The van der Waals surface area contributed by atoms with Crippen LogP contribution in [0.15, 0.2) is 24.3 Å². The van der Waals surface area contributed by atoms with E-state index in [1.54, 1.807) is 6.07 Å². The lowest BCUT2D eigenvalue weighted by Crippen LogP contribution is -2.24. The summed E-state index contributed by atoms with van der Waals surface area (Å²) in [5.41, 5.74) is 0.658. The van der Waals surface area contributed by atoms with E-state index in [-0.39, 0.29) is 6.10 Å². The van der Waals surface area contributed by atoms with E-state index in [1.807, 2.05) is 25.2 Å². The SMILES string of the molecule is CNCCC(Oc1cccc(C#N)c1)C1CC1. The van der Waals surface area contributed by atoms with E-state index in [1.165, 1.54) is 12.8 Å². The van der Waals surface area contributed by atoms with Crippen LogP contribution in [0, 0.1) is 17.2 Å². The van der Waals surface area contributed by atoms with Gasteiger partial charge >= 0.3 is 0 Å². The molecule has 90 valence electrons. The fourth-order valence-electron chi connectivity index (χ4n) is 1.96. The molecular weight excluding hydrogens is 212 g/mol. The highest BCUT2D eigenvalue weighted by Crippen LogP contribution is 2.36. The molecule has 17 heavy (non-hydrogen) atoms. The van der Waals surface area contributed by atoms with Crippen molar-refractivity contribution in [2.45, 2.75) is 25.4 Å². The molecule has 1 aliphatic rings. The first-order valence-electron chi connectivity index (χ1n) is 6.15. The zero-order valence-corrected chi connectivity index (χ0v) is 10.1. The lowest BCUT2D eigenvalue weighted by atomic mass is 10.1. The lowest BCUT2D eigenvalue weighted by Gasteiger charge is -2.18. The van der Waals surface area contributed by atoms with Gasteiger partial charge in [0.25, 0.3) is 0 Å². The van der Waals surface area contributed by atoms with Crippen LogP contribution < -0.4 is 10.1 Å². The standard InChI is InChI=1S/C14H18N2O/c1-16-8-7-14(12-5-6-12)17-13-4-2-3-11(9-13)10-15/h2-4,9,12,14,16H,5-8H2,1H3. The van der Waals surface area contributed by atoms with Crippen LogP contribution in [0.4, 0.5) is 0 Å². The Labute approximate surface area is 102 Å². The molecule has 0 saturated heterocycles. The summed E-state index contributed by atoms with van der Waals surface area (Å²) < 4.78 is 5.99. The summed E-state index contributed by atoms with van der Waals surface area (Å²) in [7, 11) is 1.96. The molecule has 0 aliphatic heterocycles. The molecule has 1 saturated carbocycles. The summed E-state index contributed by atoms with van der Waals surface area (Å²) in [6.45, 7) is 0.971. The molecule has 2 rings (SSSR count). The Balaban J connectivity index is 1.98. The van der Waals surface area contributed by atoms with Gasteiger partial charge in [0.1, 0.15) is 11.9 Å². The number of benzene rings is 1. The zero-order chi connectivity index (χ0) is 12.1. The molecule has 1 N–H and O–H groups in total. The van der Waals surface area contributed by atoms with E-state index in [9.17, 15) is 0 Å². The number of nitrogens with zero attached hydrogens (tertiary/aromatic N) is 1. The molecule has 1 aliphatic carbocycles. The third kappa shape index (κ3) is 3.47. The van der Waals surface area contributed by atoms with Crippen molar-refractivity contribution in [3.63, 3.8) is 0 Å². The van der Waals surface area contributed by atoms with E-state index in [2.05, 4.69) is 11.4 Å². The first-order chi connectivity index (χ1) is 8.33. The fraction of sp³-hybridized carbons (Fsp3) is 0.500. The highest BCUT2D eigenvalue weighted by atomic mass is 16.5. The van der Waals surface area contributed by atoms with Gasteiger partial charge in [-0.2, -0.15) is 5.26 Å². The van der Waals surface area contributed by atoms with Crippen molar-refractivity contribution in [2.24, 2.45) is 5.92 Å². The van der Waals surface area contributed by atoms with Crippen LogP contribution in [0.5, 0.6) is 5.75 Å². The Bertz CT molecular complexity index is 407. The van der Waals surface area contributed by atoms with Gasteiger partial charge in [-0.3, -0.25) is 0 Å². The van der Waals surface area contributed by atoms with Crippen LogP contribution in [0.1, 0.15) is 24.8 Å². The lowest BCUT2D eigenvalue weighted by molar-refractivity contribution is 0.168. The maximum Gasteiger partial charge on any atom is 0.121 e. The Morgan fingerprint density at radius 1 is 1.53 bits per heavy atom. The Hall–Kier alpha value is -1.53. The Kier molecular flexibility index (Phi) is 4.00. The number of rotatable bonds is 6. The summed E-state index contributed by atoms with van der Waals surface area (Å²) >= 11 is 0. The van der Waals surface area contributed by atoms with Gasteiger partial charge in [0, 0.05) is 0 Å². The normalized spacial score (nSPS) is 16.2. The van der Waals surface area contributed by atoms with Crippen molar-refractivity contribution < 1.29 is 4.74 Å². The van der Waals surface area contributed by atoms with E-state index >= 15 is 0 Å². The topological polar surface area (TPSA) is 45.0 Å². The second kappa shape index (κ2) is 5.70. The van der Waals surface area contributed by atoms with E-state index < -0.39 is 0 Å². The van der Waals surface area contributed by atoms with E-state index in [0.717, 1.165) is 18.7 Å². The molecule has 0 heterocycles. The molecule has 0 aromatic heterocycles. The third-order valence-corrected chi connectivity index (χ3v) is 3.08. The van der Waals surface area contributed by atoms with E-state index in [0.29, 0.717) is 11.5 Å². The molecule has 0 amide bonds. The van der Waals surface area contributed by atoms with Crippen molar-refractivity contribution in [2.75, 3.05) is 13.6 Å². The van der Waals surface area contributed by atoms with Gasteiger partial charge in [0.15, 0.2) is 0 Å². The molecule has 0 bridgehead atoms. The van der Waals surface area contributed by atoms with Gasteiger partial charge < -0.3 is 10.1 Å². The minimum atomic E-state index is 0.288. The number of nitriles is 1. The third-order valence-electron chi connectivity index (χ3n) is 3.08. The summed E-state index contributed by atoms with van der Waals surface area (Å²) in [6.07, 6.45) is 3.85. The molecule has 1 fully saturated rings. The van der Waals surface area contributed by atoms with Gasteiger partial charge in [-0.15, -0.1) is 0 Å². The summed E-state index contributed by atoms with van der Waals surface area (Å²) in [5, 5.41) is 12.0. The first-order valence-corrected chi connectivity index (χ1v) is 6.15. The number of hydrogen-bond acceptors (Lipinski definition) is 3.